The lowest BCUT2D eigenvalue weighted by Crippen LogP contribution is -2.30. The number of halogens is 1. The van der Waals surface area contributed by atoms with E-state index in [-0.39, 0.29) is 5.88 Å². The maximum Gasteiger partial charge on any atom is 0.266 e. The zero-order chi connectivity index (χ0) is 12.0. The SMILES string of the molecule is COc1ccc(C#CCCl)c(C(=O)NN)c1. The molecular weight excluding hydrogens is 228 g/mol. The zero-order valence-corrected chi connectivity index (χ0v) is 9.47. The van der Waals surface area contributed by atoms with Gasteiger partial charge in [-0.15, -0.1) is 11.6 Å². The molecule has 1 aromatic carbocycles. The molecule has 0 unspecified atom stereocenters. The number of nitrogens with one attached hydrogen (secondary N) is 1. The van der Waals surface area contributed by atoms with Crippen molar-refractivity contribution in [3.63, 3.8) is 0 Å². The molecule has 1 amide bonds. The summed E-state index contributed by atoms with van der Waals surface area (Å²) in [5.74, 6) is 10.9. The summed E-state index contributed by atoms with van der Waals surface area (Å²) in [5, 5.41) is 0. The lowest BCUT2D eigenvalue weighted by molar-refractivity contribution is 0.0953. The largest absolute Gasteiger partial charge is 0.497 e. The summed E-state index contributed by atoms with van der Waals surface area (Å²) in [7, 11) is 1.52. The van der Waals surface area contributed by atoms with Gasteiger partial charge in [0.2, 0.25) is 0 Å². The van der Waals surface area contributed by atoms with Gasteiger partial charge in [-0.3, -0.25) is 10.2 Å². The first-order valence-electron chi connectivity index (χ1n) is 4.46. The highest BCUT2D eigenvalue weighted by atomic mass is 35.5. The highest BCUT2D eigenvalue weighted by Gasteiger charge is 2.10. The van der Waals surface area contributed by atoms with Crippen LogP contribution in [-0.2, 0) is 0 Å². The summed E-state index contributed by atoms with van der Waals surface area (Å²) in [6, 6.07) is 4.97. The number of nitrogens with two attached hydrogens (primary N) is 1. The molecule has 0 bridgehead atoms. The van der Waals surface area contributed by atoms with Gasteiger partial charge in [0.1, 0.15) is 5.75 Å². The summed E-state index contributed by atoms with van der Waals surface area (Å²) in [5.41, 5.74) is 2.97. The van der Waals surface area contributed by atoms with Crippen molar-refractivity contribution >= 4 is 17.5 Å². The Hall–Kier alpha value is -1.70. The van der Waals surface area contributed by atoms with E-state index >= 15 is 0 Å². The van der Waals surface area contributed by atoms with Crippen LogP contribution in [0.25, 0.3) is 0 Å². The van der Waals surface area contributed by atoms with Crippen LogP contribution >= 0.6 is 11.6 Å². The van der Waals surface area contributed by atoms with Gasteiger partial charge < -0.3 is 4.74 Å². The number of ether oxygens (including phenoxy) is 1. The number of carbonyl (C=O) groups is 1. The van der Waals surface area contributed by atoms with Gasteiger partial charge in [0.25, 0.3) is 5.91 Å². The fraction of sp³-hybridized carbons (Fsp3) is 0.182. The van der Waals surface area contributed by atoms with Gasteiger partial charge in [0, 0.05) is 5.56 Å². The van der Waals surface area contributed by atoms with E-state index in [0.29, 0.717) is 16.9 Å². The normalized spacial score (nSPS) is 8.94. The molecule has 84 valence electrons. The molecule has 0 aromatic heterocycles. The van der Waals surface area contributed by atoms with E-state index in [1.165, 1.54) is 7.11 Å². The zero-order valence-electron chi connectivity index (χ0n) is 8.71. The van der Waals surface area contributed by atoms with E-state index in [4.69, 9.17) is 22.2 Å². The molecule has 0 radical (unpaired) electrons. The maximum absolute atomic E-state index is 11.5. The van der Waals surface area contributed by atoms with Gasteiger partial charge in [-0.2, -0.15) is 0 Å². The number of alkyl halides is 1. The topological polar surface area (TPSA) is 64.3 Å². The Morgan fingerprint density at radius 1 is 1.62 bits per heavy atom. The molecule has 0 aliphatic rings. The van der Waals surface area contributed by atoms with Crippen LogP contribution in [-0.4, -0.2) is 18.9 Å². The number of nitrogen functional groups attached to an aromatic ring is 1. The van der Waals surface area contributed by atoms with Crippen LogP contribution in [0.2, 0.25) is 0 Å². The monoisotopic (exact) mass is 238 g/mol. The summed E-state index contributed by atoms with van der Waals surface area (Å²) in [6.45, 7) is 0. The van der Waals surface area contributed by atoms with Crippen LogP contribution in [0.3, 0.4) is 0 Å². The predicted molar refractivity (Wildman–Crippen MR) is 62.2 cm³/mol. The van der Waals surface area contributed by atoms with Crippen LogP contribution in [0.15, 0.2) is 18.2 Å². The molecule has 0 aliphatic heterocycles. The average Bonchev–Trinajstić information content (AvgIpc) is 2.35. The van der Waals surface area contributed by atoms with E-state index in [0.717, 1.165) is 0 Å². The highest BCUT2D eigenvalue weighted by Crippen LogP contribution is 2.16. The van der Waals surface area contributed by atoms with Crippen molar-refractivity contribution in [1.29, 1.82) is 0 Å². The smallest absolute Gasteiger partial charge is 0.266 e. The minimum absolute atomic E-state index is 0.204. The third kappa shape index (κ3) is 2.89. The minimum Gasteiger partial charge on any atom is -0.497 e. The van der Waals surface area contributed by atoms with Crippen molar-refractivity contribution in [2.24, 2.45) is 5.84 Å². The number of hydrazine groups is 1. The third-order valence-corrected chi connectivity index (χ3v) is 2.03. The fourth-order valence-electron chi connectivity index (χ4n) is 1.15. The molecule has 0 atom stereocenters. The molecule has 5 heteroatoms. The Morgan fingerprint density at radius 3 is 2.94 bits per heavy atom. The molecule has 1 aromatic rings. The van der Waals surface area contributed by atoms with Gasteiger partial charge in [0.05, 0.1) is 18.6 Å². The first-order valence-corrected chi connectivity index (χ1v) is 5.00. The van der Waals surface area contributed by atoms with Gasteiger partial charge >= 0.3 is 0 Å². The molecule has 4 nitrogen and oxygen atoms in total. The molecule has 0 fully saturated rings. The van der Waals surface area contributed by atoms with Crippen molar-refractivity contribution in [3.05, 3.63) is 29.3 Å². The Kier molecular flexibility index (Phi) is 4.65. The molecule has 16 heavy (non-hydrogen) atoms. The van der Waals surface area contributed by atoms with Crippen LogP contribution in [0.4, 0.5) is 0 Å². The van der Waals surface area contributed by atoms with Crippen molar-refractivity contribution in [2.45, 2.75) is 0 Å². The lowest BCUT2D eigenvalue weighted by atomic mass is 10.1. The number of hydrogen-bond acceptors (Lipinski definition) is 3. The first kappa shape index (κ1) is 12.4. The number of carbonyl (C=O) groups excluding carboxylic acids is 1. The predicted octanol–water partition coefficient (Wildman–Crippen LogP) is 0.889. The van der Waals surface area contributed by atoms with E-state index < -0.39 is 5.91 Å². The quantitative estimate of drug-likeness (QED) is 0.264. The second kappa shape index (κ2) is 6.01. The van der Waals surface area contributed by atoms with Crippen LogP contribution in [0.5, 0.6) is 5.75 Å². The number of rotatable bonds is 2. The van der Waals surface area contributed by atoms with Gasteiger partial charge in [-0.25, -0.2) is 5.84 Å². The summed E-state index contributed by atoms with van der Waals surface area (Å²) >= 11 is 5.45. The van der Waals surface area contributed by atoms with E-state index in [9.17, 15) is 4.79 Å². The molecule has 3 N–H and O–H groups in total. The summed E-state index contributed by atoms with van der Waals surface area (Å²) < 4.78 is 5.01. The molecule has 1 rings (SSSR count). The average molecular weight is 239 g/mol. The Balaban J connectivity index is 3.21. The van der Waals surface area contributed by atoms with Crippen LogP contribution < -0.4 is 16.0 Å². The van der Waals surface area contributed by atoms with Gasteiger partial charge in [0.15, 0.2) is 0 Å². The maximum atomic E-state index is 11.5. The molecule has 0 saturated heterocycles. The van der Waals surface area contributed by atoms with Gasteiger partial charge in [-0.1, -0.05) is 11.8 Å². The standard InChI is InChI=1S/C11H11ClN2O2/c1-16-9-5-4-8(3-2-6-12)10(7-9)11(15)14-13/h4-5,7H,6,13H2,1H3,(H,14,15). The molecule has 0 aliphatic carbocycles. The van der Waals surface area contributed by atoms with Crippen molar-refractivity contribution in [1.82, 2.24) is 5.43 Å². The second-order valence-electron chi connectivity index (χ2n) is 2.82. The fourth-order valence-corrected chi connectivity index (χ4v) is 1.22. The first-order chi connectivity index (χ1) is 7.72. The Labute approximate surface area is 98.7 Å². The van der Waals surface area contributed by atoms with Gasteiger partial charge in [-0.05, 0) is 18.2 Å². The Bertz CT molecular complexity index is 449. The van der Waals surface area contributed by atoms with Crippen LogP contribution in [0.1, 0.15) is 15.9 Å². The summed E-state index contributed by atoms with van der Waals surface area (Å²) in [6.07, 6.45) is 0. The van der Waals surface area contributed by atoms with Crippen molar-refractivity contribution < 1.29 is 9.53 Å². The minimum atomic E-state index is -0.419. The third-order valence-electron chi connectivity index (χ3n) is 1.89. The molecule has 0 spiro atoms. The number of amides is 1. The summed E-state index contributed by atoms with van der Waals surface area (Å²) in [4.78, 5) is 11.5. The lowest BCUT2D eigenvalue weighted by Gasteiger charge is -2.05. The second-order valence-corrected chi connectivity index (χ2v) is 3.09. The van der Waals surface area contributed by atoms with E-state index in [1.54, 1.807) is 18.2 Å². The van der Waals surface area contributed by atoms with Crippen molar-refractivity contribution in [2.75, 3.05) is 13.0 Å². The van der Waals surface area contributed by atoms with Crippen LogP contribution in [0, 0.1) is 11.8 Å². The number of benzene rings is 1. The van der Waals surface area contributed by atoms with E-state index in [1.807, 2.05) is 0 Å². The molecular formula is C11H11ClN2O2. The van der Waals surface area contributed by atoms with E-state index in [2.05, 4.69) is 17.3 Å². The number of methoxy groups -OCH3 is 1. The highest BCUT2D eigenvalue weighted by molar-refractivity contribution is 6.19. The Morgan fingerprint density at radius 2 is 2.38 bits per heavy atom. The number of hydrogen-bond donors (Lipinski definition) is 2. The van der Waals surface area contributed by atoms with Crippen molar-refractivity contribution in [3.8, 4) is 17.6 Å². The molecule has 0 heterocycles. The molecule has 0 saturated carbocycles.